The van der Waals surface area contributed by atoms with Gasteiger partial charge in [0.05, 0.1) is 0 Å². The van der Waals surface area contributed by atoms with E-state index in [0.717, 1.165) is 17.8 Å². The zero-order valence-corrected chi connectivity index (χ0v) is 9.15. The molecule has 3 fully saturated rings. The van der Waals surface area contributed by atoms with Gasteiger partial charge < -0.3 is 0 Å². The first-order valence-corrected chi connectivity index (χ1v) is 5.38. The Bertz CT molecular complexity index is 204. The molecule has 0 aromatic carbocycles. The predicted molar refractivity (Wildman–Crippen MR) is 52.9 cm³/mol. The van der Waals surface area contributed by atoms with E-state index in [1.165, 1.54) is 12.8 Å². The highest BCUT2D eigenvalue weighted by Crippen LogP contribution is 2.67. The average molecular weight is 166 g/mol. The standard InChI is InChI=1S/C12H22/c1-8-10-6-11(3,4)9(2)12(8,5)7-10/h8-10H,6-7H2,1-5H3. The van der Waals surface area contributed by atoms with E-state index >= 15 is 0 Å². The summed E-state index contributed by atoms with van der Waals surface area (Å²) in [4.78, 5) is 0. The second kappa shape index (κ2) is 2.08. The van der Waals surface area contributed by atoms with E-state index in [1.807, 2.05) is 0 Å². The van der Waals surface area contributed by atoms with Gasteiger partial charge in [0, 0.05) is 0 Å². The summed E-state index contributed by atoms with van der Waals surface area (Å²) < 4.78 is 0. The van der Waals surface area contributed by atoms with Crippen LogP contribution in [0.15, 0.2) is 0 Å². The van der Waals surface area contributed by atoms with E-state index in [-0.39, 0.29) is 0 Å². The van der Waals surface area contributed by atoms with Crippen LogP contribution in [0.1, 0.15) is 47.5 Å². The summed E-state index contributed by atoms with van der Waals surface area (Å²) >= 11 is 0. The third-order valence-electron chi connectivity index (χ3n) is 5.40. The second-order valence-corrected chi connectivity index (χ2v) is 6.17. The maximum Gasteiger partial charge on any atom is -0.0264 e. The summed E-state index contributed by atoms with van der Waals surface area (Å²) in [5.41, 5.74) is 1.27. The maximum absolute atomic E-state index is 2.50. The largest absolute Gasteiger partial charge is 0.0617 e. The first-order valence-electron chi connectivity index (χ1n) is 5.38. The molecule has 0 N–H and O–H groups in total. The SMILES string of the molecule is CC1C2CC(C)(C)C(C)C1(C)C2. The molecule has 0 saturated heterocycles. The number of fused-ring (bicyclic) bond motifs is 2. The first kappa shape index (κ1) is 8.59. The minimum Gasteiger partial charge on any atom is -0.0617 e. The van der Waals surface area contributed by atoms with Crippen LogP contribution in [0.2, 0.25) is 0 Å². The second-order valence-electron chi connectivity index (χ2n) is 6.17. The van der Waals surface area contributed by atoms with Crippen LogP contribution in [0.4, 0.5) is 0 Å². The lowest BCUT2D eigenvalue weighted by Crippen LogP contribution is -2.58. The first-order chi connectivity index (χ1) is 5.38. The van der Waals surface area contributed by atoms with Crippen molar-refractivity contribution in [1.29, 1.82) is 0 Å². The Hall–Kier alpha value is 0. The number of hydrogen-bond donors (Lipinski definition) is 0. The van der Waals surface area contributed by atoms with Crippen LogP contribution < -0.4 is 0 Å². The zero-order chi connectivity index (χ0) is 9.15. The lowest BCUT2D eigenvalue weighted by Gasteiger charge is -2.66. The summed E-state index contributed by atoms with van der Waals surface area (Å²) in [5, 5.41) is 0. The van der Waals surface area contributed by atoms with Crippen LogP contribution in [0.5, 0.6) is 0 Å². The fourth-order valence-electron chi connectivity index (χ4n) is 3.87. The van der Waals surface area contributed by atoms with Gasteiger partial charge in [-0.15, -0.1) is 0 Å². The van der Waals surface area contributed by atoms with Crippen LogP contribution in [-0.4, -0.2) is 0 Å². The van der Waals surface area contributed by atoms with E-state index in [4.69, 9.17) is 0 Å². The van der Waals surface area contributed by atoms with Gasteiger partial charge in [0.1, 0.15) is 0 Å². The van der Waals surface area contributed by atoms with Crippen molar-refractivity contribution in [1.82, 2.24) is 0 Å². The Kier molecular flexibility index (Phi) is 1.49. The predicted octanol–water partition coefficient (Wildman–Crippen LogP) is 3.71. The molecule has 0 heteroatoms. The van der Waals surface area contributed by atoms with Gasteiger partial charge in [-0.3, -0.25) is 0 Å². The molecule has 0 aromatic heterocycles. The smallest absolute Gasteiger partial charge is 0.0264 e. The Morgan fingerprint density at radius 1 is 1.00 bits per heavy atom. The highest BCUT2D eigenvalue weighted by atomic mass is 14.6. The number of rotatable bonds is 0. The molecule has 3 saturated carbocycles. The Labute approximate surface area is 76.7 Å². The molecule has 12 heavy (non-hydrogen) atoms. The van der Waals surface area contributed by atoms with Gasteiger partial charge in [-0.2, -0.15) is 0 Å². The molecule has 0 spiro atoms. The van der Waals surface area contributed by atoms with E-state index < -0.39 is 0 Å². The van der Waals surface area contributed by atoms with Crippen molar-refractivity contribution >= 4 is 0 Å². The third-order valence-corrected chi connectivity index (χ3v) is 5.40. The van der Waals surface area contributed by atoms with Gasteiger partial charge >= 0.3 is 0 Å². The molecule has 0 heterocycles. The van der Waals surface area contributed by atoms with Gasteiger partial charge in [-0.25, -0.2) is 0 Å². The Morgan fingerprint density at radius 2 is 1.58 bits per heavy atom. The lowest BCUT2D eigenvalue weighted by molar-refractivity contribution is -0.169. The van der Waals surface area contributed by atoms with E-state index in [0.29, 0.717) is 10.8 Å². The van der Waals surface area contributed by atoms with Crippen molar-refractivity contribution in [3.8, 4) is 0 Å². The van der Waals surface area contributed by atoms with Crippen molar-refractivity contribution in [2.45, 2.75) is 47.5 Å². The quantitative estimate of drug-likeness (QED) is 0.514. The molecule has 3 aliphatic carbocycles. The van der Waals surface area contributed by atoms with Crippen molar-refractivity contribution in [2.75, 3.05) is 0 Å². The molecule has 0 aromatic rings. The van der Waals surface area contributed by atoms with Crippen molar-refractivity contribution < 1.29 is 0 Å². The molecular formula is C12H22. The molecule has 0 radical (unpaired) electrons. The molecule has 2 bridgehead atoms. The lowest BCUT2D eigenvalue weighted by atomic mass is 9.39. The van der Waals surface area contributed by atoms with Gasteiger partial charge in [-0.05, 0) is 41.4 Å². The van der Waals surface area contributed by atoms with Crippen molar-refractivity contribution in [3.05, 3.63) is 0 Å². The summed E-state index contributed by atoms with van der Waals surface area (Å²) in [5.74, 6) is 2.94. The minimum atomic E-state index is 0.601. The molecule has 70 valence electrons. The molecule has 4 unspecified atom stereocenters. The van der Waals surface area contributed by atoms with Crippen LogP contribution in [0, 0.1) is 28.6 Å². The minimum absolute atomic E-state index is 0.601. The summed E-state index contributed by atoms with van der Waals surface area (Å²) in [6.07, 6.45) is 2.96. The van der Waals surface area contributed by atoms with Gasteiger partial charge in [-0.1, -0.05) is 34.6 Å². The molecule has 0 aliphatic heterocycles. The Morgan fingerprint density at radius 3 is 2.00 bits per heavy atom. The highest BCUT2D eigenvalue weighted by molar-refractivity contribution is 5.08. The topological polar surface area (TPSA) is 0 Å². The van der Waals surface area contributed by atoms with Crippen LogP contribution in [0.3, 0.4) is 0 Å². The monoisotopic (exact) mass is 166 g/mol. The summed E-state index contributed by atoms with van der Waals surface area (Å²) in [6, 6.07) is 0. The van der Waals surface area contributed by atoms with Gasteiger partial charge in [0.15, 0.2) is 0 Å². The normalized spacial score (nSPS) is 56.2. The van der Waals surface area contributed by atoms with Crippen molar-refractivity contribution in [3.63, 3.8) is 0 Å². The molecule has 3 aliphatic rings. The van der Waals surface area contributed by atoms with Crippen LogP contribution in [-0.2, 0) is 0 Å². The molecule has 0 nitrogen and oxygen atoms in total. The van der Waals surface area contributed by atoms with Crippen LogP contribution in [0.25, 0.3) is 0 Å². The molecule has 3 rings (SSSR count). The van der Waals surface area contributed by atoms with Gasteiger partial charge in [0.25, 0.3) is 0 Å². The fraction of sp³-hybridized carbons (Fsp3) is 1.00. The molecule has 0 amide bonds. The van der Waals surface area contributed by atoms with E-state index in [2.05, 4.69) is 34.6 Å². The maximum atomic E-state index is 2.50. The highest BCUT2D eigenvalue weighted by Gasteiger charge is 2.59. The summed E-state index contributed by atoms with van der Waals surface area (Å²) in [7, 11) is 0. The number of hydrogen-bond acceptors (Lipinski definition) is 0. The zero-order valence-electron chi connectivity index (χ0n) is 9.15. The third kappa shape index (κ3) is 0.791. The molecule has 4 atom stereocenters. The average Bonchev–Trinajstić information content (AvgIpc) is 1.98. The van der Waals surface area contributed by atoms with Gasteiger partial charge in [0.2, 0.25) is 0 Å². The molecular weight excluding hydrogens is 144 g/mol. The Balaban J connectivity index is 2.27. The summed E-state index contributed by atoms with van der Waals surface area (Å²) in [6.45, 7) is 12.3. The van der Waals surface area contributed by atoms with E-state index in [9.17, 15) is 0 Å². The van der Waals surface area contributed by atoms with Crippen molar-refractivity contribution in [2.24, 2.45) is 28.6 Å². The van der Waals surface area contributed by atoms with E-state index in [1.54, 1.807) is 0 Å². The fourth-order valence-corrected chi connectivity index (χ4v) is 3.87. The van der Waals surface area contributed by atoms with Crippen LogP contribution >= 0.6 is 0 Å².